The number of hydrogen-bond acceptors (Lipinski definition) is 9. The van der Waals surface area contributed by atoms with Crippen LogP contribution in [0, 0.1) is 12.7 Å². The van der Waals surface area contributed by atoms with Gasteiger partial charge in [-0.05, 0) is 36.8 Å². The first kappa shape index (κ1) is 28.8. The molecule has 0 aliphatic heterocycles. The Morgan fingerprint density at radius 3 is 2.22 bits per heavy atom. The minimum absolute atomic E-state index is 0.178. The van der Waals surface area contributed by atoms with Gasteiger partial charge in [0.15, 0.2) is 0 Å². The standard InChI is InChI=1S/C22H26ClFN4O7S2/c1-14-16(6-7-17-19(14)22(29)27(2)13-25-17)26-21-15(24)5-8-18(20(21)23)28(36(30,31)11-9-34-3)37(32,33)12-10-35-4/h5-8,13,26H,9-12H2,1-4H3. The smallest absolute Gasteiger partial charge is 0.261 e. The number of rotatable bonds is 11. The van der Waals surface area contributed by atoms with Gasteiger partial charge in [-0.15, -0.1) is 0 Å². The van der Waals surface area contributed by atoms with E-state index >= 15 is 0 Å². The van der Waals surface area contributed by atoms with Crippen LogP contribution in [0.1, 0.15) is 5.56 Å². The minimum Gasteiger partial charge on any atom is -0.384 e. The molecule has 11 nitrogen and oxygen atoms in total. The summed E-state index contributed by atoms with van der Waals surface area (Å²) >= 11 is 6.45. The number of ether oxygens (including phenoxy) is 2. The molecule has 0 saturated heterocycles. The normalized spacial score (nSPS) is 12.2. The van der Waals surface area contributed by atoms with Gasteiger partial charge in [-0.3, -0.25) is 4.79 Å². The molecule has 3 aromatic rings. The number of fused-ring (bicyclic) bond motifs is 1. The van der Waals surface area contributed by atoms with Crippen LogP contribution >= 0.6 is 11.6 Å². The van der Waals surface area contributed by atoms with Crippen molar-refractivity contribution in [3.63, 3.8) is 0 Å². The Labute approximate surface area is 218 Å². The molecule has 0 aliphatic carbocycles. The minimum atomic E-state index is -4.52. The highest BCUT2D eigenvalue weighted by molar-refractivity contribution is 8.10. The number of aromatic nitrogens is 2. The van der Waals surface area contributed by atoms with Crippen LogP contribution in [0.25, 0.3) is 10.9 Å². The lowest BCUT2D eigenvalue weighted by Crippen LogP contribution is -2.41. The highest BCUT2D eigenvalue weighted by atomic mass is 35.5. The third-order valence-corrected chi connectivity index (χ3v) is 9.98. The molecule has 0 aliphatic rings. The van der Waals surface area contributed by atoms with Crippen LogP contribution in [0.4, 0.5) is 21.5 Å². The van der Waals surface area contributed by atoms with E-state index in [9.17, 15) is 26.0 Å². The molecule has 0 unspecified atom stereocenters. The van der Waals surface area contributed by atoms with Crippen molar-refractivity contribution in [1.82, 2.24) is 9.55 Å². The molecule has 2 aromatic carbocycles. The van der Waals surface area contributed by atoms with Gasteiger partial charge in [0.2, 0.25) is 0 Å². The van der Waals surface area contributed by atoms with Crippen LogP contribution in [-0.4, -0.2) is 65.3 Å². The Morgan fingerprint density at radius 1 is 1.05 bits per heavy atom. The highest BCUT2D eigenvalue weighted by Gasteiger charge is 2.36. The summed E-state index contributed by atoms with van der Waals surface area (Å²) in [6.07, 6.45) is 1.37. The van der Waals surface area contributed by atoms with Crippen LogP contribution in [0.2, 0.25) is 5.02 Å². The summed E-state index contributed by atoms with van der Waals surface area (Å²) in [5, 5.41) is 2.57. The van der Waals surface area contributed by atoms with Crippen LogP contribution in [-0.2, 0) is 36.6 Å². The van der Waals surface area contributed by atoms with Crippen molar-refractivity contribution in [3.05, 3.63) is 57.3 Å². The number of hydrogen-bond donors (Lipinski definition) is 1. The Morgan fingerprint density at radius 2 is 1.65 bits per heavy atom. The van der Waals surface area contributed by atoms with Gasteiger partial charge in [-0.25, -0.2) is 26.2 Å². The Kier molecular flexibility index (Phi) is 8.80. The fourth-order valence-electron chi connectivity index (χ4n) is 3.54. The van der Waals surface area contributed by atoms with E-state index in [0.717, 1.165) is 12.1 Å². The second kappa shape index (κ2) is 11.3. The molecular formula is C22H26ClFN4O7S2. The third-order valence-electron chi connectivity index (χ3n) is 5.47. The maximum Gasteiger partial charge on any atom is 0.261 e. The average molecular weight is 577 g/mol. The Bertz CT molecular complexity index is 1560. The molecular weight excluding hydrogens is 551 g/mol. The van der Waals surface area contributed by atoms with Gasteiger partial charge < -0.3 is 19.4 Å². The largest absolute Gasteiger partial charge is 0.384 e. The van der Waals surface area contributed by atoms with Gasteiger partial charge in [0, 0.05) is 27.0 Å². The van der Waals surface area contributed by atoms with Crippen LogP contribution in [0.5, 0.6) is 0 Å². The van der Waals surface area contributed by atoms with Gasteiger partial charge in [-0.1, -0.05) is 11.6 Å². The number of nitrogens with one attached hydrogen (secondary N) is 1. The Hall–Kier alpha value is -2.78. The van der Waals surface area contributed by atoms with Gasteiger partial charge in [0.25, 0.3) is 25.6 Å². The van der Waals surface area contributed by atoms with E-state index in [-0.39, 0.29) is 39.2 Å². The summed E-state index contributed by atoms with van der Waals surface area (Å²) in [6.45, 7) is 1.05. The number of aryl methyl sites for hydroxylation is 2. The van der Waals surface area contributed by atoms with Crippen LogP contribution in [0.15, 0.2) is 35.4 Å². The second-order valence-corrected chi connectivity index (χ2v) is 12.5. The number of anilines is 3. The fraction of sp³-hybridized carbons (Fsp3) is 0.364. The maximum atomic E-state index is 15.0. The van der Waals surface area contributed by atoms with Crippen molar-refractivity contribution < 1.29 is 30.7 Å². The van der Waals surface area contributed by atoms with E-state index in [4.69, 9.17) is 21.1 Å². The molecule has 1 heterocycles. The van der Waals surface area contributed by atoms with E-state index in [0.29, 0.717) is 11.1 Å². The summed E-state index contributed by atoms with van der Waals surface area (Å²) in [7, 11) is -4.97. The molecule has 202 valence electrons. The summed E-state index contributed by atoms with van der Waals surface area (Å²) in [5.74, 6) is -2.23. The molecule has 0 fully saturated rings. The topological polar surface area (TPSA) is 137 Å². The molecule has 0 spiro atoms. The monoisotopic (exact) mass is 576 g/mol. The molecule has 3 rings (SSSR count). The third kappa shape index (κ3) is 5.88. The first-order valence-electron chi connectivity index (χ1n) is 10.8. The first-order chi connectivity index (χ1) is 17.4. The Balaban J connectivity index is 2.19. The average Bonchev–Trinajstić information content (AvgIpc) is 2.84. The van der Waals surface area contributed by atoms with E-state index in [1.807, 2.05) is 0 Å². The van der Waals surface area contributed by atoms with E-state index < -0.39 is 48.1 Å². The van der Waals surface area contributed by atoms with Crippen molar-refractivity contribution >= 4 is 59.6 Å². The lowest BCUT2D eigenvalue weighted by molar-refractivity contribution is 0.216. The molecule has 1 N–H and O–H groups in total. The zero-order chi connectivity index (χ0) is 27.5. The molecule has 37 heavy (non-hydrogen) atoms. The van der Waals surface area contributed by atoms with Crippen molar-refractivity contribution in [2.75, 3.05) is 48.0 Å². The number of methoxy groups -OCH3 is 2. The number of sulfonamides is 2. The lowest BCUT2D eigenvalue weighted by atomic mass is 10.1. The summed E-state index contributed by atoms with van der Waals surface area (Å²) in [6, 6.07) is 4.96. The molecule has 0 bridgehead atoms. The molecule has 15 heteroatoms. The maximum absolute atomic E-state index is 15.0. The van der Waals surface area contributed by atoms with Gasteiger partial charge in [0.1, 0.15) is 5.82 Å². The lowest BCUT2D eigenvalue weighted by Gasteiger charge is -2.26. The number of halogens is 2. The number of benzene rings is 2. The van der Waals surface area contributed by atoms with Crippen molar-refractivity contribution in [3.8, 4) is 0 Å². The molecule has 1 aromatic heterocycles. The van der Waals surface area contributed by atoms with E-state index in [1.54, 1.807) is 19.1 Å². The predicted molar refractivity (Wildman–Crippen MR) is 140 cm³/mol. The second-order valence-electron chi connectivity index (χ2n) is 7.99. The molecule has 0 atom stereocenters. The summed E-state index contributed by atoms with van der Waals surface area (Å²) in [4.78, 5) is 16.9. The highest BCUT2D eigenvalue weighted by Crippen LogP contribution is 2.40. The SMILES string of the molecule is COCCS(=O)(=O)N(c1ccc(F)c(Nc2ccc3ncn(C)c(=O)c3c2C)c1Cl)S(=O)(=O)CCOC. The van der Waals surface area contributed by atoms with Crippen LogP contribution in [0.3, 0.4) is 0 Å². The van der Waals surface area contributed by atoms with Gasteiger partial charge in [-0.2, -0.15) is 3.71 Å². The quantitative estimate of drug-likeness (QED) is 0.365. The first-order valence-corrected chi connectivity index (χ1v) is 14.4. The van der Waals surface area contributed by atoms with Crippen molar-refractivity contribution in [1.29, 1.82) is 0 Å². The van der Waals surface area contributed by atoms with E-state index in [2.05, 4.69) is 10.3 Å². The zero-order valence-corrected chi connectivity index (χ0v) is 22.9. The molecule has 0 saturated carbocycles. The van der Waals surface area contributed by atoms with Crippen LogP contribution < -0.4 is 14.6 Å². The van der Waals surface area contributed by atoms with Crippen molar-refractivity contribution in [2.24, 2.45) is 7.05 Å². The molecule has 0 radical (unpaired) electrons. The summed E-state index contributed by atoms with van der Waals surface area (Å²) < 4.78 is 78.4. The fourth-order valence-corrected chi connectivity index (χ4v) is 7.74. The predicted octanol–water partition coefficient (Wildman–Crippen LogP) is 2.54. The zero-order valence-electron chi connectivity index (χ0n) is 20.5. The number of nitrogens with zero attached hydrogens (tertiary/aromatic N) is 3. The van der Waals surface area contributed by atoms with Gasteiger partial charge in [0.05, 0.1) is 58.3 Å². The summed E-state index contributed by atoms with van der Waals surface area (Å²) in [5.41, 5.74) is -0.0433. The van der Waals surface area contributed by atoms with E-state index in [1.165, 1.54) is 32.2 Å². The van der Waals surface area contributed by atoms with Crippen molar-refractivity contribution in [2.45, 2.75) is 6.92 Å². The molecule has 0 amide bonds. The van der Waals surface area contributed by atoms with Gasteiger partial charge >= 0.3 is 0 Å².